The molecule has 1 aromatic carbocycles. The fourth-order valence-electron chi connectivity index (χ4n) is 2.84. The van der Waals surface area contributed by atoms with Crippen molar-refractivity contribution in [1.82, 2.24) is 4.57 Å². The molecule has 1 heterocycles. The molecule has 2 aromatic rings. The van der Waals surface area contributed by atoms with Crippen molar-refractivity contribution in [3.8, 4) is 5.75 Å². The molecule has 0 atom stereocenters. The van der Waals surface area contributed by atoms with Gasteiger partial charge in [0.25, 0.3) is 0 Å². The predicted molar refractivity (Wildman–Crippen MR) is 81.9 cm³/mol. The molecule has 0 unspecified atom stereocenters. The van der Waals surface area contributed by atoms with Gasteiger partial charge < -0.3 is 9.67 Å². The van der Waals surface area contributed by atoms with E-state index >= 15 is 0 Å². The van der Waals surface area contributed by atoms with Gasteiger partial charge in [-0.05, 0) is 31.0 Å². The maximum absolute atomic E-state index is 9.41. The van der Waals surface area contributed by atoms with Crippen molar-refractivity contribution in [3.63, 3.8) is 0 Å². The summed E-state index contributed by atoms with van der Waals surface area (Å²) in [7, 11) is 0. The quantitative estimate of drug-likeness (QED) is 0.820. The summed E-state index contributed by atoms with van der Waals surface area (Å²) in [6.45, 7) is 0. The molecule has 0 saturated heterocycles. The summed E-state index contributed by atoms with van der Waals surface area (Å²) in [5, 5.41) is 9.41. The molecule has 1 aliphatic rings. The first-order chi connectivity index (χ1) is 9.81. The molecular formula is C17H20N2O. The van der Waals surface area contributed by atoms with E-state index in [-0.39, 0.29) is 5.75 Å². The standard InChI is InChI=1S/C17H20N2O/c20-17-8-4-5-15(11-17)18-12-14-9-10-19(13-14)16-6-2-1-3-7-16/h4-5,8-13,16,20H,1-3,6-7H2. The van der Waals surface area contributed by atoms with Crippen LogP contribution in [0.5, 0.6) is 5.75 Å². The first-order valence-corrected chi connectivity index (χ1v) is 7.32. The number of hydrogen-bond donors (Lipinski definition) is 1. The highest BCUT2D eigenvalue weighted by Gasteiger charge is 2.14. The van der Waals surface area contributed by atoms with Gasteiger partial charge in [-0.1, -0.05) is 25.3 Å². The third-order valence-corrected chi connectivity index (χ3v) is 3.93. The van der Waals surface area contributed by atoms with E-state index in [1.54, 1.807) is 18.2 Å². The summed E-state index contributed by atoms with van der Waals surface area (Å²) in [5.41, 5.74) is 1.88. The number of rotatable bonds is 3. The lowest BCUT2D eigenvalue weighted by molar-refractivity contribution is 0.354. The molecule has 1 saturated carbocycles. The van der Waals surface area contributed by atoms with E-state index in [0.29, 0.717) is 6.04 Å². The molecule has 3 heteroatoms. The molecule has 0 aliphatic heterocycles. The van der Waals surface area contributed by atoms with Crippen LogP contribution in [0.25, 0.3) is 0 Å². The van der Waals surface area contributed by atoms with Crippen molar-refractivity contribution in [2.24, 2.45) is 4.99 Å². The van der Waals surface area contributed by atoms with E-state index in [2.05, 4.69) is 28.0 Å². The molecule has 1 aliphatic carbocycles. The Bertz CT molecular complexity index is 595. The van der Waals surface area contributed by atoms with E-state index in [4.69, 9.17) is 0 Å². The second kappa shape index (κ2) is 5.95. The molecule has 1 N–H and O–H groups in total. The van der Waals surface area contributed by atoms with Crippen molar-refractivity contribution >= 4 is 11.9 Å². The van der Waals surface area contributed by atoms with E-state index in [1.165, 1.54) is 32.1 Å². The lowest BCUT2D eigenvalue weighted by atomic mass is 9.95. The monoisotopic (exact) mass is 268 g/mol. The summed E-state index contributed by atoms with van der Waals surface area (Å²) in [6.07, 6.45) is 12.8. The summed E-state index contributed by atoms with van der Waals surface area (Å²) >= 11 is 0. The number of phenols is 1. The minimum Gasteiger partial charge on any atom is -0.508 e. The Balaban J connectivity index is 1.70. The van der Waals surface area contributed by atoms with Crippen LogP contribution >= 0.6 is 0 Å². The van der Waals surface area contributed by atoms with E-state index in [9.17, 15) is 5.11 Å². The Hall–Kier alpha value is -2.03. The van der Waals surface area contributed by atoms with Crippen molar-refractivity contribution in [2.45, 2.75) is 38.1 Å². The van der Waals surface area contributed by atoms with Gasteiger partial charge in [0.2, 0.25) is 0 Å². The van der Waals surface area contributed by atoms with Crippen LogP contribution in [-0.4, -0.2) is 15.9 Å². The number of aromatic nitrogens is 1. The van der Waals surface area contributed by atoms with Crippen molar-refractivity contribution in [2.75, 3.05) is 0 Å². The number of aromatic hydroxyl groups is 1. The van der Waals surface area contributed by atoms with Crippen LogP contribution in [-0.2, 0) is 0 Å². The predicted octanol–water partition coefficient (Wildman–Crippen LogP) is 4.45. The lowest BCUT2D eigenvalue weighted by Crippen LogP contribution is -2.10. The molecule has 0 spiro atoms. The van der Waals surface area contributed by atoms with Gasteiger partial charge >= 0.3 is 0 Å². The maximum atomic E-state index is 9.41. The van der Waals surface area contributed by atoms with Gasteiger partial charge in [-0.3, -0.25) is 4.99 Å². The van der Waals surface area contributed by atoms with Gasteiger partial charge in [0.15, 0.2) is 0 Å². The molecule has 3 rings (SSSR count). The smallest absolute Gasteiger partial charge is 0.117 e. The largest absolute Gasteiger partial charge is 0.508 e. The Morgan fingerprint density at radius 1 is 1.15 bits per heavy atom. The van der Waals surface area contributed by atoms with Crippen molar-refractivity contribution in [1.29, 1.82) is 0 Å². The van der Waals surface area contributed by atoms with Crippen LogP contribution < -0.4 is 0 Å². The van der Waals surface area contributed by atoms with Crippen LogP contribution in [0.2, 0.25) is 0 Å². The fraction of sp³-hybridized carbons (Fsp3) is 0.353. The van der Waals surface area contributed by atoms with Gasteiger partial charge in [-0.25, -0.2) is 0 Å². The van der Waals surface area contributed by atoms with Crippen LogP contribution in [0.4, 0.5) is 5.69 Å². The second-order valence-electron chi connectivity index (χ2n) is 5.46. The second-order valence-corrected chi connectivity index (χ2v) is 5.46. The average Bonchev–Trinajstić information content (AvgIpc) is 2.95. The molecule has 104 valence electrons. The normalized spacial score (nSPS) is 16.8. The lowest BCUT2D eigenvalue weighted by Gasteiger charge is -2.23. The molecular weight excluding hydrogens is 248 g/mol. The van der Waals surface area contributed by atoms with Crippen molar-refractivity contribution in [3.05, 3.63) is 48.3 Å². The van der Waals surface area contributed by atoms with Crippen molar-refractivity contribution < 1.29 is 5.11 Å². The summed E-state index contributed by atoms with van der Waals surface area (Å²) in [6, 6.07) is 9.75. The highest BCUT2D eigenvalue weighted by molar-refractivity contribution is 5.81. The Morgan fingerprint density at radius 3 is 2.80 bits per heavy atom. The van der Waals surface area contributed by atoms with Crippen LogP contribution in [0.3, 0.4) is 0 Å². The van der Waals surface area contributed by atoms with Gasteiger partial charge in [-0.2, -0.15) is 0 Å². The minimum atomic E-state index is 0.249. The molecule has 1 fully saturated rings. The van der Waals surface area contributed by atoms with Gasteiger partial charge in [-0.15, -0.1) is 0 Å². The molecule has 3 nitrogen and oxygen atoms in total. The Kier molecular flexibility index (Phi) is 3.86. The SMILES string of the molecule is Oc1cccc(N=Cc2ccn(C3CCCCC3)c2)c1. The average molecular weight is 268 g/mol. The molecule has 1 aromatic heterocycles. The summed E-state index contributed by atoms with van der Waals surface area (Å²) in [4.78, 5) is 4.40. The van der Waals surface area contributed by atoms with Crippen LogP contribution in [0.1, 0.15) is 43.7 Å². The topological polar surface area (TPSA) is 37.5 Å². The zero-order valence-corrected chi connectivity index (χ0v) is 11.6. The van der Waals surface area contributed by atoms with Gasteiger partial charge in [0.05, 0.1) is 5.69 Å². The van der Waals surface area contributed by atoms with Crippen LogP contribution in [0, 0.1) is 0 Å². The van der Waals surface area contributed by atoms with E-state index in [1.807, 2.05) is 12.3 Å². The number of benzene rings is 1. The highest BCUT2D eigenvalue weighted by atomic mass is 16.3. The number of aliphatic imine (C=N–C) groups is 1. The first kappa shape index (κ1) is 13.0. The molecule has 20 heavy (non-hydrogen) atoms. The Morgan fingerprint density at radius 2 is 2.00 bits per heavy atom. The molecule has 0 bridgehead atoms. The summed E-state index contributed by atoms with van der Waals surface area (Å²) in [5.74, 6) is 0.249. The van der Waals surface area contributed by atoms with E-state index < -0.39 is 0 Å². The van der Waals surface area contributed by atoms with Crippen LogP contribution in [0.15, 0.2) is 47.7 Å². The highest BCUT2D eigenvalue weighted by Crippen LogP contribution is 2.28. The van der Waals surface area contributed by atoms with E-state index in [0.717, 1.165) is 11.3 Å². The van der Waals surface area contributed by atoms with Gasteiger partial charge in [0, 0.05) is 36.3 Å². The fourth-order valence-corrected chi connectivity index (χ4v) is 2.84. The minimum absolute atomic E-state index is 0.249. The summed E-state index contributed by atoms with van der Waals surface area (Å²) < 4.78 is 2.32. The zero-order valence-electron chi connectivity index (χ0n) is 11.6. The Labute approximate surface area is 119 Å². The first-order valence-electron chi connectivity index (χ1n) is 7.32. The number of hydrogen-bond acceptors (Lipinski definition) is 2. The number of phenolic OH excluding ortho intramolecular Hbond substituents is 1. The number of nitrogens with zero attached hydrogens (tertiary/aromatic N) is 2. The van der Waals surface area contributed by atoms with Gasteiger partial charge in [0.1, 0.15) is 5.75 Å². The molecule has 0 radical (unpaired) electrons. The molecule has 0 amide bonds. The third-order valence-electron chi connectivity index (χ3n) is 3.93. The maximum Gasteiger partial charge on any atom is 0.117 e. The zero-order chi connectivity index (χ0) is 13.8. The third kappa shape index (κ3) is 3.10.